The molecule has 1 atom stereocenters. The number of amides is 1. The lowest BCUT2D eigenvalue weighted by molar-refractivity contribution is -0.132. The molecule has 1 saturated heterocycles. The van der Waals surface area contributed by atoms with Crippen molar-refractivity contribution in [3.05, 3.63) is 89.2 Å². The predicted octanol–water partition coefficient (Wildman–Crippen LogP) is 5.08. The van der Waals surface area contributed by atoms with Crippen molar-refractivity contribution >= 4 is 44.1 Å². The molecule has 1 fully saturated rings. The van der Waals surface area contributed by atoms with Crippen LogP contribution in [0.2, 0.25) is 0 Å². The molecule has 2 heterocycles. The first-order chi connectivity index (χ1) is 16.9. The second-order valence-corrected chi connectivity index (χ2v) is 8.80. The number of halogens is 1. The minimum atomic E-state index is -0.985. The van der Waals surface area contributed by atoms with E-state index in [1.54, 1.807) is 48.5 Å². The molecule has 5 rings (SSSR count). The Morgan fingerprint density at radius 3 is 2.46 bits per heavy atom. The Morgan fingerprint density at radius 2 is 1.71 bits per heavy atom. The second kappa shape index (κ2) is 8.84. The van der Waals surface area contributed by atoms with E-state index < -0.39 is 23.5 Å². The lowest BCUT2D eigenvalue weighted by atomic mass is 9.95. The number of thiazole rings is 1. The van der Waals surface area contributed by atoms with Gasteiger partial charge in [0.25, 0.3) is 5.78 Å². The van der Waals surface area contributed by atoms with Crippen LogP contribution in [0, 0.1) is 5.82 Å². The number of nitrogens with zero attached hydrogens (tertiary/aromatic N) is 2. The Balaban J connectivity index is 1.74. The molecule has 3 aromatic carbocycles. The fourth-order valence-corrected chi connectivity index (χ4v) is 5.09. The van der Waals surface area contributed by atoms with Gasteiger partial charge in [-0.2, -0.15) is 0 Å². The van der Waals surface area contributed by atoms with E-state index in [9.17, 15) is 19.1 Å². The van der Waals surface area contributed by atoms with Crippen LogP contribution in [0.15, 0.2) is 72.3 Å². The molecule has 1 aliphatic rings. The highest BCUT2D eigenvalue weighted by Crippen LogP contribution is 2.45. The molecule has 9 heteroatoms. The third-order valence-corrected chi connectivity index (χ3v) is 6.76. The summed E-state index contributed by atoms with van der Waals surface area (Å²) in [7, 11) is 3.00. The van der Waals surface area contributed by atoms with Crippen LogP contribution in [0.3, 0.4) is 0 Å². The number of carbonyl (C=O) groups excluding carboxylic acids is 2. The number of carbonyl (C=O) groups is 2. The Bertz CT molecular complexity index is 1510. The average Bonchev–Trinajstić information content (AvgIpc) is 3.41. The molecule has 1 aromatic heterocycles. The van der Waals surface area contributed by atoms with Crippen LogP contribution in [0.25, 0.3) is 16.0 Å². The van der Waals surface area contributed by atoms with E-state index in [0.717, 1.165) is 11.3 Å². The molecule has 0 bridgehead atoms. The van der Waals surface area contributed by atoms with Crippen LogP contribution in [0.5, 0.6) is 11.5 Å². The molecule has 1 unspecified atom stereocenters. The SMILES string of the molecule is COc1cccc(C(O)=C2C(=O)C(=O)N(c3nc4ccc(F)cc4s3)C2c2cccc(OC)c2)c1. The van der Waals surface area contributed by atoms with E-state index in [1.165, 1.54) is 37.3 Å². The lowest BCUT2D eigenvalue weighted by Crippen LogP contribution is -2.29. The Kier molecular flexibility index (Phi) is 5.70. The van der Waals surface area contributed by atoms with E-state index in [-0.39, 0.29) is 16.5 Å². The number of hydrogen-bond donors (Lipinski definition) is 1. The highest BCUT2D eigenvalue weighted by atomic mass is 32.1. The number of aliphatic hydroxyl groups excluding tert-OH is 1. The van der Waals surface area contributed by atoms with Gasteiger partial charge in [0.2, 0.25) is 0 Å². The molecule has 0 radical (unpaired) electrons. The van der Waals surface area contributed by atoms with Gasteiger partial charge in [-0.05, 0) is 48.0 Å². The van der Waals surface area contributed by atoms with Gasteiger partial charge in [0, 0.05) is 5.56 Å². The second-order valence-electron chi connectivity index (χ2n) is 7.79. The normalized spacial score (nSPS) is 17.2. The molecule has 0 aliphatic carbocycles. The Morgan fingerprint density at radius 1 is 1.00 bits per heavy atom. The average molecular weight is 491 g/mol. The summed E-state index contributed by atoms with van der Waals surface area (Å²) in [6.45, 7) is 0. The molecule has 0 saturated carbocycles. The Labute approximate surface area is 203 Å². The zero-order valence-corrected chi connectivity index (χ0v) is 19.5. The van der Waals surface area contributed by atoms with Gasteiger partial charge >= 0.3 is 5.91 Å². The minimum absolute atomic E-state index is 0.0954. The molecule has 1 amide bonds. The van der Waals surface area contributed by atoms with Crippen molar-refractivity contribution in [3.63, 3.8) is 0 Å². The van der Waals surface area contributed by atoms with Gasteiger partial charge in [-0.1, -0.05) is 35.6 Å². The van der Waals surface area contributed by atoms with Gasteiger partial charge in [-0.15, -0.1) is 0 Å². The van der Waals surface area contributed by atoms with Crippen molar-refractivity contribution < 1.29 is 28.6 Å². The minimum Gasteiger partial charge on any atom is -0.507 e. The van der Waals surface area contributed by atoms with Crippen molar-refractivity contribution in [2.24, 2.45) is 0 Å². The number of ketones is 1. The van der Waals surface area contributed by atoms with Gasteiger partial charge in [0.05, 0.1) is 36.1 Å². The summed E-state index contributed by atoms with van der Waals surface area (Å²) in [4.78, 5) is 32.4. The molecule has 7 nitrogen and oxygen atoms in total. The summed E-state index contributed by atoms with van der Waals surface area (Å²) >= 11 is 1.08. The first kappa shape index (κ1) is 22.5. The van der Waals surface area contributed by atoms with E-state index >= 15 is 0 Å². The summed E-state index contributed by atoms with van der Waals surface area (Å²) in [5, 5.41) is 11.5. The zero-order valence-electron chi connectivity index (χ0n) is 18.7. The number of ether oxygens (including phenoxy) is 2. The van der Waals surface area contributed by atoms with E-state index in [1.807, 2.05) is 0 Å². The van der Waals surface area contributed by atoms with E-state index in [2.05, 4.69) is 4.98 Å². The van der Waals surface area contributed by atoms with Gasteiger partial charge in [0.15, 0.2) is 5.13 Å². The number of aromatic nitrogens is 1. The number of aliphatic hydroxyl groups is 1. The summed E-state index contributed by atoms with van der Waals surface area (Å²) in [5.41, 5.74) is 1.26. The molecule has 1 N–H and O–H groups in total. The lowest BCUT2D eigenvalue weighted by Gasteiger charge is -2.23. The smallest absolute Gasteiger partial charge is 0.301 e. The van der Waals surface area contributed by atoms with Crippen molar-refractivity contribution in [1.82, 2.24) is 4.98 Å². The van der Waals surface area contributed by atoms with Gasteiger partial charge in [0.1, 0.15) is 23.1 Å². The molecule has 35 heavy (non-hydrogen) atoms. The Hall–Kier alpha value is -4.24. The number of anilines is 1. The number of Topliss-reactive ketones (excluding diaryl/α,β-unsaturated/α-hetero) is 1. The summed E-state index contributed by atoms with van der Waals surface area (Å²) in [6.07, 6.45) is 0. The first-order valence-corrected chi connectivity index (χ1v) is 11.4. The third-order valence-electron chi connectivity index (χ3n) is 5.74. The molecule has 1 aliphatic heterocycles. The largest absolute Gasteiger partial charge is 0.507 e. The maximum Gasteiger partial charge on any atom is 0.301 e. The topological polar surface area (TPSA) is 89.0 Å². The third kappa shape index (κ3) is 3.89. The fourth-order valence-electron chi connectivity index (χ4n) is 4.07. The zero-order chi connectivity index (χ0) is 24.7. The van der Waals surface area contributed by atoms with Gasteiger partial charge in [-0.3, -0.25) is 14.5 Å². The molecule has 4 aromatic rings. The highest BCUT2D eigenvalue weighted by Gasteiger charge is 2.48. The van der Waals surface area contributed by atoms with E-state index in [4.69, 9.17) is 9.47 Å². The van der Waals surface area contributed by atoms with Crippen LogP contribution in [0.4, 0.5) is 9.52 Å². The molecular formula is C26H19FN2O5S. The van der Waals surface area contributed by atoms with E-state index in [0.29, 0.717) is 32.8 Å². The highest BCUT2D eigenvalue weighted by molar-refractivity contribution is 7.22. The standard InChI is InChI=1S/C26H19FN2O5S/c1-33-17-7-3-5-14(11-17)22-21(23(30)15-6-4-8-18(12-15)34-2)24(31)25(32)29(22)26-28-19-10-9-16(27)13-20(19)35-26/h3-13,22,30H,1-2H3. The summed E-state index contributed by atoms with van der Waals surface area (Å²) < 4.78 is 24.9. The number of hydrogen-bond acceptors (Lipinski definition) is 7. The molecular weight excluding hydrogens is 471 g/mol. The van der Waals surface area contributed by atoms with Crippen LogP contribution < -0.4 is 14.4 Å². The number of benzene rings is 3. The maximum atomic E-state index is 13.8. The van der Waals surface area contributed by atoms with Crippen molar-refractivity contribution in [2.75, 3.05) is 19.1 Å². The van der Waals surface area contributed by atoms with Crippen LogP contribution in [-0.2, 0) is 9.59 Å². The quantitative estimate of drug-likeness (QED) is 0.239. The van der Waals surface area contributed by atoms with Gasteiger partial charge < -0.3 is 14.6 Å². The number of methoxy groups -OCH3 is 2. The first-order valence-electron chi connectivity index (χ1n) is 10.6. The predicted molar refractivity (Wildman–Crippen MR) is 130 cm³/mol. The molecule has 0 spiro atoms. The van der Waals surface area contributed by atoms with Crippen molar-refractivity contribution in [1.29, 1.82) is 0 Å². The van der Waals surface area contributed by atoms with Crippen molar-refractivity contribution in [3.8, 4) is 11.5 Å². The van der Waals surface area contributed by atoms with Gasteiger partial charge in [-0.25, -0.2) is 9.37 Å². The number of fused-ring (bicyclic) bond motifs is 1. The summed E-state index contributed by atoms with van der Waals surface area (Å²) in [6, 6.07) is 16.6. The van der Waals surface area contributed by atoms with Crippen LogP contribution >= 0.6 is 11.3 Å². The molecule has 176 valence electrons. The monoisotopic (exact) mass is 490 g/mol. The summed E-state index contributed by atoms with van der Waals surface area (Å²) in [5.74, 6) is -1.48. The number of rotatable bonds is 5. The maximum absolute atomic E-state index is 13.8. The van der Waals surface area contributed by atoms with Crippen molar-refractivity contribution in [2.45, 2.75) is 6.04 Å². The fraction of sp³-hybridized carbons (Fsp3) is 0.115. The van der Waals surface area contributed by atoms with Crippen LogP contribution in [-0.4, -0.2) is 36.0 Å². The van der Waals surface area contributed by atoms with Crippen LogP contribution in [0.1, 0.15) is 17.2 Å².